The number of rotatable bonds is 3. The number of carboxylic acid groups (broad SMARTS) is 1. The molecule has 0 radical (unpaired) electrons. The Bertz CT molecular complexity index is 532. The van der Waals surface area contributed by atoms with Gasteiger partial charge in [-0.25, -0.2) is 4.39 Å². The molecule has 6 heteroatoms. The van der Waals surface area contributed by atoms with Crippen LogP contribution in [0.1, 0.15) is 22.3 Å². The Hall–Kier alpha value is -1.95. The van der Waals surface area contributed by atoms with Crippen molar-refractivity contribution >= 4 is 11.9 Å². The quantitative estimate of drug-likeness (QED) is 0.910. The topological polar surface area (TPSA) is 66.8 Å². The van der Waals surface area contributed by atoms with Gasteiger partial charge >= 0.3 is 5.97 Å². The molecular weight excluding hydrogens is 265 g/mol. The zero-order valence-corrected chi connectivity index (χ0v) is 11.1. The molecule has 0 aliphatic carbocycles. The maximum absolute atomic E-state index is 13.9. The Morgan fingerprint density at radius 1 is 1.50 bits per heavy atom. The minimum Gasteiger partial charge on any atom is -0.481 e. The normalized spacial score (nSPS) is 18.9. The molecule has 20 heavy (non-hydrogen) atoms. The van der Waals surface area contributed by atoms with Crippen LogP contribution in [0, 0.1) is 12.7 Å². The number of carbonyl (C=O) groups excluding carboxylic acids is 1. The zero-order chi connectivity index (χ0) is 14.7. The van der Waals surface area contributed by atoms with Gasteiger partial charge in [0.25, 0.3) is 5.91 Å². The number of nitrogens with zero attached hydrogens (tertiary/aromatic N) is 1. The molecule has 108 valence electrons. The van der Waals surface area contributed by atoms with Crippen LogP contribution >= 0.6 is 0 Å². The first-order chi connectivity index (χ1) is 9.49. The van der Waals surface area contributed by atoms with Crippen LogP contribution in [-0.2, 0) is 9.53 Å². The Balaban J connectivity index is 2.22. The van der Waals surface area contributed by atoms with E-state index in [0.717, 1.165) is 5.56 Å². The van der Waals surface area contributed by atoms with Gasteiger partial charge in [0.2, 0.25) is 0 Å². The summed E-state index contributed by atoms with van der Waals surface area (Å²) in [6.45, 7) is 2.49. The van der Waals surface area contributed by atoms with Gasteiger partial charge in [-0.05, 0) is 24.6 Å². The summed E-state index contributed by atoms with van der Waals surface area (Å²) in [5, 5.41) is 8.86. The van der Waals surface area contributed by atoms with Gasteiger partial charge in [0.1, 0.15) is 5.82 Å². The molecule has 0 aromatic heterocycles. The lowest BCUT2D eigenvalue weighted by atomic mass is 10.1. The molecule has 0 bridgehead atoms. The van der Waals surface area contributed by atoms with Crippen molar-refractivity contribution in [3.05, 3.63) is 35.1 Å². The van der Waals surface area contributed by atoms with Crippen molar-refractivity contribution in [2.75, 3.05) is 19.8 Å². The number of aryl methyl sites for hydroxylation is 1. The van der Waals surface area contributed by atoms with Crippen LogP contribution in [0.2, 0.25) is 0 Å². The van der Waals surface area contributed by atoms with Crippen LogP contribution < -0.4 is 0 Å². The highest BCUT2D eigenvalue weighted by Gasteiger charge is 2.30. The highest BCUT2D eigenvalue weighted by atomic mass is 19.1. The zero-order valence-electron chi connectivity index (χ0n) is 11.1. The van der Waals surface area contributed by atoms with Gasteiger partial charge in [0.05, 0.1) is 31.2 Å². The number of benzene rings is 1. The molecule has 1 heterocycles. The third kappa shape index (κ3) is 3.14. The van der Waals surface area contributed by atoms with Crippen LogP contribution in [0.25, 0.3) is 0 Å². The van der Waals surface area contributed by atoms with Gasteiger partial charge in [-0.3, -0.25) is 9.59 Å². The third-order valence-corrected chi connectivity index (χ3v) is 3.25. The molecule has 1 unspecified atom stereocenters. The summed E-state index contributed by atoms with van der Waals surface area (Å²) in [4.78, 5) is 24.6. The Morgan fingerprint density at radius 3 is 2.90 bits per heavy atom. The molecule has 0 saturated carbocycles. The molecule has 1 aliphatic heterocycles. The van der Waals surface area contributed by atoms with E-state index in [2.05, 4.69) is 0 Å². The predicted molar refractivity (Wildman–Crippen MR) is 69.0 cm³/mol. The summed E-state index contributed by atoms with van der Waals surface area (Å²) >= 11 is 0. The SMILES string of the molecule is Cc1ccc(C(=O)N2CCOCC2CC(=O)O)c(F)c1. The molecular formula is C14H16FNO4. The van der Waals surface area contributed by atoms with Crippen molar-refractivity contribution in [1.29, 1.82) is 0 Å². The van der Waals surface area contributed by atoms with Crippen LogP contribution in [0.4, 0.5) is 4.39 Å². The molecule has 1 atom stereocenters. The van der Waals surface area contributed by atoms with E-state index in [1.807, 2.05) is 0 Å². The van der Waals surface area contributed by atoms with E-state index in [4.69, 9.17) is 9.84 Å². The second kappa shape index (κ2) is 6.00. The van der Waals surface area contributed by atoms with E-state index in [0.29, 0.717) is 6.61 Å². The number of halogens is 1. The van der Waals surface area contributed by atoms with Crippen molar-refractivity contribution < 1.29 is 23.8 Å². The van der Waals surface area contributed by atoms with Crippen molar-refractivity contribution in [3.8, 4) is 0 Å². The van der Waals surface area contributed by atoms with Crippen molar-refractivity contribution in [1.82, 2.24) is 4.90 Å². The van der Waals surface area contributed by atoms with E-state index in [-0.39, 0.29) is 25.1 Å². The van der Waals surface area contributed by atoms with E-state index in [1.165, 1.54) is 17.0 Å². The molecule has 2 rings (SSSR count). The fourth-order valence-electron chi connectivity index (χ4n) is 2.24. The van der Waals surface area contributed by atoms with Gasteiger partial charge in [-0.2, -0.15) is 0 Å². The number of morpholine rings is 1. The molecule has 1 fully saturated rings. The van der Waals surface area contributed by atoms with Crippen LogP contribution in [0.3, 0.4) is 0 Å². The molecule has 1 amide bonds. The summed E-state index contributed by atoms with van der Waals surface area (Å²) in [7, 11) is 0. The van der Waals surface area contributed by atoms with Crippen LogP contribution in [0.5, 0.6) is 0 Å². The summed E-state index contributed by atoms with van der Waals surface area (Å²) in [6.07, 6.45) is -0.209. The molecule has 1 saturated heterocycles. The van der Waals surface area contributed by atoms with Gasteiger partial charge in [0.15, 0.2) is 0 Å². The summed E-state index contributed by atoms with van der Waals surface area (Å²) in [5.74, 6) is -2.09. The number of ether oxygens (including phenoxy) is 1. The highest BCUT2D eigenvalue weighted by Crippen LogP contribution is 2.18. The third-order valence-electron chi connectivity index (χ3n) is 3.25. The second-order valence-electron chi connectivity index (χ2n) is 4.81. The average molecular weight is 281 g/mol. The summed E-state index contributed by atoms with van der Waals surface area (Å²) in [5.41, 5.74) is 0.691. The number of carbonyl (C=O) groups is 2. The molecule has 1 aliphatic rings. The molecule has 1 aromatic carbocycles. The Kier molecular flexibility index (Phi) is 4.34. The van der Waals surface area contributed by atoms with E-state index in [1.54, 1.807) is 13.0 Å². The fraction of sp³-hybridized carbons (Fsp3) is 0.429. The lowest BCUT2D eigenvalue weighted by Crippen LogP contribution is -2.49. The predicted octanol–water partition coefficient (Wildman–Crippen LogP) is 1.45. The first-order valence-corrected chi connectivity index (χ1v) is 6.35. The minimum atomic E-state index is -1.01. The van der Waals surface area contributed by atoms with E-state index in [9.17, 15) is 14.0 Å². The van der Waals surface area contributed by atoms with Crippen molar-refractivity contribution in [2.45, 2.75) is 19.4 Å². The summed E-state index contributed by atoms with van der Waals surface area (Å²) in [6, 6.07) is 3.82. The standard InChI is InChI=1S/C14H16FNO4/c1-9-2-3-11(12(15)6-9)14(19)16-4-5-20-8-10(16)7-13(17)18/h2-3,6,10H,4-5,7-8H2,1H3,(H,17,18). The smallest absolute Gasteiger partial charge is 0.305 e. The molecule has 0 spiro atoms. The van der Waals surface area contributed by atoms with Gasteiger partial charge in [0, 0.05) is 6.54 Å². The van der Waals surface area contributed by atoms with Gasteiger partial charge in [-0.1, -0.05) is 6.07 Å². The largest absolute Gasteiger partial charge is 0.481 e. The number of hydrogen-bond acceptors (Lipinski definition) is 3. The lowest BCUT2D eigenvalue weighted by Gasteiger charge is -2.35. The van der Waals surface area contributed by atoms with Crippen LogP contribution in [-0.4, -0.2) is 47.7 Å². The average Bonchev–Trinajstić information content (AvgIpc) is 2.38. The molecule has 5 nitrogen and oxygen atoms in total. The maximum atomic E-state index is 13.9. The maximum Gasteiger partial charge on any atom is 0.305 e. The Morgan fingerprint density at radius 2 is 2.25 bits per heavy atom. The Labute approximate surface area is 116 Å². The number of carboxylic acids is 1. The molecule has 1 aromatic rings. The number of aliphatic carboxylic acids is 1. The summed E-state index contributed by atoms with van der Waals surface area (Å²) < 4.78 is 19.0. The second-order valence-corrected chi connectivity index (χ2v) is 4.81. The highest BCUT2D eigenvalue weighted by molar-refractivity contribution is 5.95. The lowest BCUT2D eigenvalue weighted by molar-refractivity contribution is -0.139. The first kappa shape index (κ1) is 14.5. The fourth-order valence-corrected chi connectivity index (χ4v) is 2.24. The van der Waals surface area contributed by atoms with Gasteiger partial charge < -0.3 is 14.7 Å². The van der Waals surface area contributed by atoms with E-state index >= 15 is 0 Å². The number of amides is 1. The first-order valence-electron chi connectivity index (χ1n) is 6.35. The van der Waals surface area contributed by atoms with Crippen molar-refractivity contribution in [3.63, 3.8) is 0 Å². The van der Waals surface area contributed by atoms with Crippen LogP contribution in [0.15, 0.2) is 18.2 Å². The van der Waals surface area contributed by atoms with Gasteiger partial charge in [-0.15, -0.1) is 0 Å². The molecule has 1 N–H and O–H groups in total. The minimum absolute atomic E-state index is 0.0344. The number of hydrogen-bond donors (Lipinski definition) is 1. The van der Waals surface area contributed by atoms with E-state index < -0.39 is 23.7 Å². The monoisotopic (exact) mass is 281 g/mol. The van der Waals surface area contributed by atoms with Crippen molar-refractivity contribution in [2.24, 2.45) is 0 Å².